The van der Waals surface area contributed by atoms with Crippen molar-refractivity contribution in [2.45, 2.75) is 6.42 Å². The van der Waals surface area contributed by atoms with E-state index in [9.17, 15) is 4.79 Å². The molecule has 0 N–H and O–H groups in total. The van der Waals surface area contributed by atoms with Crippen molar-refractivity contribution in [3.05, 3.63) is 29.8 Å². The van der Waals surface area contributed by atoms with E-state index in [2.05, 4.69) is 4.74 Å². The molecule has 4 heteroatoms. The van der Waals surface area contributed by atoms with E-state index in [0.29, 0.717) is 23.8 Å². The number of esters is 1. The Labute approximate surface area is 100 Å². The third-order valence-corrected chi connectivity index (χ3v) is 2.76. The zero-order valence-corrected chi connectivity index (χ0v) is 9.85. The molecule has 0 bridgehead atoms. The summed E-state index contributed by atoms with van der Waals surface area (Å²) < 4.78 is 15.6. The van der Waals surface area contributed by atoms with Gasteiger partial charge in [0.2, 0.25) is 0 Å². The van der Waals surface area contributed by atoms with E-state index in [1.807, 2.05) is 6.07 Å². The summed E-state index contributed by atoms with van der Waals surface area (Å²) in [6.07, 6.45) is 1.04. The van der Waals surface area contributed by atoms with Crippen molar-refractivity contribution in [3.63, 3.8) is 0 Å². The summed E-state index contributed by atoms with van der Waals surface area (Å²) in [4.78, 5) is 11.3. The van der Waals surface area contributed by atoms with Crippen LogP contribution in [-0.4, -0.2) is 32.9 Å². The molecule has 0 spiro atoms. The fourth-order valence-corrected chi connectivity index (χ4v) is 1.76. The molecule has 92 valence electrons. The Balaban J connectivity index is 1.93. The van der Waals surface area contributed by atoms with Crippen LogP contribution in [0, 0.1) is 5.92 Å². The molecule has 0 amide bonds. The molecule has 1 saturated heterocycles. The van der Waals surface area contributed by atoms with Crippen molar-refractivity contribution in [2.75, 3.05) is 26.9 Å². The summed E-state index contributed by atoms with van der Waals surface area (Å²) in [6.45, 7) is 2.21. The van der Waals surface area contributed by atoms with Crippen molar-refractivity contribution in [2.24, 2.45) is 5.92 Å². The minimum atomic E-state index is -0.348. The van der Waals surface area contributed by atoms with Crippen LogP contribution < -0.4 is 4.74 Å². The highest BCUT2D eigenvalue weighted by molar-refractivity contribution is 5.89. The number of hydrogen-bond acceptors (Lipinski definition) is 4. The summed E-state index contributed by atoms with van der Waals surface area (Å²) in [5.41, 5.74) is 0.507. The van der Waals surface area contributed by atoms with Crippen molar-refractivity contribution < 1.29 is 19.0 Å². The second-order valence-corrected chi connectivity index (χ2v) is 4.06. The molecule has 1 heterocycles. The van der Waals surface area contributed by atoms with Gasteiger partial charge in [-0.2, -0.15) is 0 Å². The van der Waals surface area contributed by atoms with Crippen LogP contribution in [0.15, 0.2) is 24.3 Å². The van der Waals surface area contributed by atoms with E-state index in [-0.39, 0.29) is 5.97 Å². The van der Waals surface area contributed by atoms with Crippen LogP contribution in [0.4, 0.5) is 0 Å². The zero-order valence-electron chi connectivity index (χ0n) is 9.85. The first-order chi connectivity index (χ1) is 8.29. The maximum atomic E-state index is 11.3. The molecule has 4 nitrogen and oxygen atoms in total. The Hall–Kier alpha value is -1.55. The third-order valence-electron chi connectivity index (χ3n) is 2.76. The van der Waals surface area contributed by atoms with Gasteiger partial charge in [0.05, 0.1) is 25.9 Å². The van der Waals surface area contributed by atoms with E-state index in [1.54, 1.807) is 18.2 Å². The van der Waals surface area contributed by atoms with Gasteiger partial charge in [-0.3, -0.25) is 0 Å². The molecule has 1 atom stereocenters. The SMILES string of the molecule is COC(=O)c1cccc(OC[C@H]2CCOC2)c1. The molecule has 1 aromatic carbocycles. The first-order valence-corrected chi connectivity index (χ1v) is 5.68. The summed E-state index contributed by atoms with van der Waals surface area (Å²) in [5.74, 6) is 0.802. The Kier molecular flexibility index (Phi) is 3.98. The number of rotatable bonds is 4. The number of ether oxygens (including phenoxy) is 3. The first-order valence-electron chi connectivity index (χ1n) is 5.68. The molecule has 1 aromatic rings. The smallest absolute Gasteiger partial charge is 0.337 e. The molecular weight excluding hydrogens is 220 g/mol. The fourth-order valence-electron chi connectivity index (χ4n) is 1.76. The average molecular weight is 236 g/mol. The van der Waals surface area contributed by atoms with Gasteiger partial charge in [0, 0.05) is 12.5 Å². The number of hydrogen-bond donors (Lipinski definition) is 0. The lowest BCUT2D eigenvalue weighted by Crippen LogP contribution is -2.12. The van der Waals surface area contributed by atoms with Crippen molar-refractivity contribution in [1.29, 1.82) is 0 Å². The summed E-state index contributed by atoms with van der Waals surface area (Å²) in [7, 11) is 1.37. The number of benzene rings is 1. The van der Waals surface area contributed by atoms with Gasteiger partial charge in [-0.25, -0.2) is 4.79 Å². The van der Waals surface area contributed by atoms with E-state index in [4.69, 9.17) is 9.47 Å². The van der Waals surface area contributed by atoms with Gasteiger partial charge in [0.1, 0.15) is 5.75 Å². The second-order valence-electron chi connectivity index (χ2n) is 4.06. The average Bonchev–Trinajstić information content (AvgIpc) is 2.89. The molecule has 0 saturated carbocycles. The van der Waals surface area contributed by atoms with Crippen LogP contribution in [0.1, 0.15) is 16.8 Å². The predicted octanol–water partition coefficient (Wildman–Crippen LogP) is 1.89. The van der Waals surface area contributed by atoms with Crippen LogP contribution in [0.25, 0.3) is 0 Å². The lowest BCUT2D eigenvalue weighted by atomic mass is 10.1. The molecule has 0 radical (unpaired) electrons. The van der Waals surface area contributed by atoms with Crippen LogP contribution >= 0.6 is 0 Å². The largest absolute Gasteiger partial charge is 0.493 e. The van der Waals surface area contributed by atoms with Crippen molar-refractivity contribution in [3.8, 4) is 5.75 Å². The molecule has 1 aliphatic rings. The maximum Gasteiger partial charge on any atom is 0.337 e. The number of carbonyl (C=O) groups excluding carboxylic acids is 1. The van der Waals surface area contributed by atoms with Gasteiger partial charge in [0.25, 0.3) is 0 Å². The highest BCUT2D eigenvalue weighted by atomic mass is 16.5. The normalized spacial score (nSPS) is 19.0. The molecule has 2 rings (SSSR count). The number of carbonyl (C=O) groups is 1. The Bertz CT molecular complexity index is 383. The molecule has 1 aliphatic heterocycles. The van der Waals surface area contributed by atoms with Crippen LogP contribution in [0.2, 0.25) is 0 Å². The van der Waals surface area contributed by atoms with Gasteiger partial charge < -0.3 is 14.2 Å². The van der Waals surface area contributed by atoms with Crippen molar-refractivity contribution >= 4 is 5.97 Å². The minimum Gasteiger partial charge on any atom is -0.493 e. The molecular formula is C13H16O4. The second kappa shape index (κ2) is 5.68. The first kappa shape index (κ1) is 11.9. The Morgan fingerprint density at radius 2 is 2.41 bits per heavy atom. The molecule has 0 aliphatic carbocycles. The summed E-state index contributed by atoms with van der Waals surface area (Å²) >= 11 is 0. The predicted molar refractivity (Wildman–Crippen MR) is 62.2 cm³/mol. The van der Waals surface area contributed by atoms with Crippen molar-refractivity contribution in [1.82, 2.24) is 0 Å². The topological polar surface area (TPSA) is 44.8 Å². The minimum absolute atomic E-state index is 0.348. The van der Waals surface area contributed by atoms with Crippen LogP contribution in [0.5, 0.6) is 5.75 Å². The monoisotopic (exact) mass is 236 g/mol. The highest BCUT2D eigenvalue weighted by Gasteiger charge is 2.16. The van der Waals surface area contributed by atoms with Gasteiger partial charge >= 0.3 is 5.97 Å². The molecule has 0 aromatic heterocycles. The van der Waals surface area contributed by atoms with E-state index in [0.717, 1.165) is 19.6 Å². The third kappa shape index (κ3) is 3.20. The van der Waals surface area contributed by atoms with E-state index >= 15 is 0 Å². The van der Waals surface area contributed by atoms with Gasteiger partial charge in [-0.15, -0.1) is 0 Å². The fraction of sp³-hybridized carbons (Fsp3) is 0.462. The lowest BCUT2D eigenvalue weighted by Gasteiger charge is -2.10. The highest BCUT2D eigenvalue weighted by Crippen LogP contribution is 2.18. The maximum absolute atomic E-state index is 11.3. The molecule has 17 heavy (non-hydrogen) atoms. The molecule has 1 fully saturated rings. The Morgan fingerprint density at radius 1 is 1.53 bits per heavy atom. The quantitative estimate of drug-likeness (QED) is 0.749. The van der Waals surface area contributed by atoms with Crippen LogP contribution in [-0.2, 0) is 9.47 Å². The lowest BCUT2D eigenvalue weighted by molar-refractivity contribution is 0.0600. The van der Waals surface area contributed by atoms with Gasteiger partial charge in [-0.05, 0) is 24.6 Å². The Morgan fingerprint density at radius 3 is 3.12 bits per heavy atom. The number of methoxy groups -OCH3 is 1. The van der Waals surface area contributed by atoms with Gasteiger partial charge in [-0.1, -0.05) is 6.07 Å². The van der Waals surface area contributed by atoms with Gasteiger partial charge in [0.15, 0.2) is 0 Å². The summed E-state index contributed by atoms with van der Waals surface area (Å²) in [6, 6.07) is 7.02. The van der Waals surface area contributed by atoms with E-state index < -0.39 is 0 Å². The zero-order chi connectivity index (χ0) is 12.1. The summed E-state index contributed by atoms with van der Waals surface area (Å²) in [5, 5.41) is 0. The van der Waals surface area contributed by atoms with Crippen LogP contribution in [0.3, 0.4) is 0 Å². The standard InChI is InChI=1S/C13H16O4/c1-15-13(14)11-3-2-4-12(7-11)17-9-10-5-6-16-8-10/h2-4,7,10H,5-6,8-9H2,1H3/t10-/m0/s1. The molecule has 0 unspecified atom stereocenters. The van der Waals surface area contributed by atoms with E-state index in [1.165, 1.54) is 7.11 Å².